The Morgan fingerprint density at radius 2 is 1.67 bits per heavy atom. The fourth-order valence-electron chi connectivity index (χ4n) is 1.01. The normalized spacial score (nSPS) is 16.2. The molecule has 74 valence electrons. The zero-order valence-corrected chi connectivity index (χ0v) is 7.70. The molecule has 1 unspecified atom stereocenters. The van der Waals surface area contributed by atoms with E-state index in [9.17, 15) is 13.2 Å². The van der Waals surface area contributed by atoms with Gasteiger partial charge in [-0.2, -0.15) is 13.2 Å². The molecule has 0 amide bonds. The molecule has 12 heavy (non-hydrogen) atoms. The van der Waals surface area contributed by atoms with Crippen molar-refractivity contribution in [2.75, 3.05) is 6.54 Å². The third-order valence-electron chi connectivity index (χ3n) is 2.34. The Morgan fingerprint density at radius 1 is 1.25 bits per heavy atom. The molecule has 0 fully saturated rings. The second-order valence-corrected chi connectivity index (χ2v) is 3.92. The van der Waals surface area contributed by atoms with E-state index in [1.165, 1.54) is 0 Å². The van der Waals surface area contributed by atoms with Gasteiger partial charge >= 0.3 is 6.18 Å². The first-order valence-corrected chi connectivity index (χ1v) is 3.96. The molecular weight excluding hydrogens is 167 g/mol. The van der Waals surface area contributed by atoms with E-state index >= 15 is 0 Å². The van der Waals surface area contributed by atoms with Gasteiger partial charge in [-0.05, 0) is 17.9 Å². The summed E-state index contributed by atoms with van der Waals surface area (Å²) in [5.41, 5.74) is 4.55. The largest absolute Gasteiger partial charge is 0.389 e. The van der Waals surface area contributed by atoms with Crippen LogP contribution in [0.2, 0.25) is 0 Å². The molecule has 0 spiro atoms. The van der Waals surface area contributed by atoms with Crippen molar-refractivity contribution in [3.05, 3.63) is 0 Å². The van der Waals surface area contributed by atoms with E-state index in [2.05, 4.69) is 0 Å². The van der Waals surface area contributed by atoms with Gasteiger partial charge in [0.1, 0.15) is 0 Å². The van der Waals surface area contributed by atoms with Gasteiger partial charge in [0, 0.05) is 6.42 Å². The first kappa shape index (κ1) is 11.8. The summed E-state index contributed by atoms with van der Waals surface area (Å²) < 4.78 is 36.0. The summed E-state index contributed by atoms with van der Waals surface area (Å²) in [5, 5.41) is 0. The van der Waals surface area contributed by atoms with Crippen LogP contribution in [0.1, 0.15) is 27.2 Å². The quantitative estimate of drug-likeness (QED) is 0.715. The van der Waals surface area contributed by atoms with Crippen LogP contribution < -0.4 is 5.73 Å². The molecule has 0 aliphatic rings. The second-order valence-electron chi connectivity index (χ2n) is 3.92. The lowest BCUT2D eigenvalue weighted by Crippen LogP contribution is -2.32. The van der Waals surface area contributed by atoms with Crippen molar-refractivity contribution in [2.24, 2.45) is 17.1 Å². The number of hydrogen-bond acceptors (Lipinski definition) is 1. The number of hydrogen-bond donors (Lipinski definition) is 1. The second kappa shape index (κ2) is 3.64. The predicted molar refractivity (Wildman–Crippen MR) is 42.7 cm³/mol. The minimum atomic E-state index is -4.09. The van der Waals surface area contributed by atoms with E-state index in [-0.39, 0.29) is 5.92 Å². The van der Waals surface area contributed by atoms with E-state index in [1.54, 1.807) is 20.8 Å². The van der Waals surface area contributed by atoms with Crippen LogP contribution in [0, 0.1) is 11.3 Å². The molecule has 1 nitrogen and oxygen atoms in total. The minimum Gasteiger partial charge on any atom is -0.330 e. The summed E-state index contributed by atoms with van der Waals surface area (Å²) in [4.78, 5) is 0. The van der Waals surface area contributed by atoms with Crippen LogP contribution in [0.25, 0.3) is 0 Å². The van der Waals surface area contributed by atoms with Crippen LogP contribution >= 0.6 is 0 Å². The first-order valence-electron chi connectivity index (χ1n) is 3.96. The zero-order chi connectivity index (χ0) is 9.99. The van der Waals surface area contributed by atoms with Gasteiger partial charge in [-0.15, -0.1) is 0 Å². The number of nitrogens with two attached hydrogens (primary N) is 1. The Balaban J connectivity index is 4.22. The van der Waals surface area contributed by atoms with Crippen LogP contribution in [0.5, 0.6) is 0 Å². The van der Waals surface area contributed by atoms with Gasteiger partial charge in [0.2, 0.25) is 0 Å². The molecule has 0 aliphatic carbocycles. The van der Waals surface area contributed by atoms with Gasteiger partial charge in [0.05, 0.1) is 0 Å². The van der Waals surface area contributed by atoms with E-state index in [1.807, 2.05) is 0 Å². The van der Waals surface area contributed by atoms with Gasteiger partial charge < -0.3 is 5.73 Å². The molecule has 0 aromatic carbocycles. The lowest BCUT2D eigenvalue weighted by Gasteiger charge is -2.31. The smallest absolute Gasteiger partial charge is 0.330 e. The number of rotatable bonds is 3. The molecule has 4 heteroatoms. The highest BCUT2D eigenvalue weighted by molar-refractivity contribution is 4.78. The summed E-state index contributed by atoms with van der Waals surface area (Å²) >= 11 is 0. The van der Waals surface area contributed by atoms with Crippen molar-refractivity contribution in [3.8, 4) is 0 Å². The average Bonchev–Trinajstić information content (AvgIpc) is 1.80. The highest BCUT2D eigenvalue weighted by Crippen LogP contribution is 2.38. The Hall–Kier alpha value is -0.250. The number of halogens is 3. The van der Waals surface area contributed by atoms with Gasteiger partial charge in [0.25, 0.3) is 0 Å². The standard InChI is InChI=1S/C8H16F3N/c1-6(4-12)7(2,3)5-8(9,10)11/h6H,4-5,12H2,1-3H3. The fourth-order valence-corrected chi connectivity index (χ4v) is 1.01. The summed E-state index contributed by atoms with van der Waals surface area (Å²) in [5.74, 6) is -0.112. The van der Waals surface area contributed by atoms with Crippen molar-refractivity contribution in [1.82, 2.24) is 0 Å². The lowest BCUT2D eigenvalue weighted by atomic mass is 9.77. The minimum absolute atomic E-state index is 0.112. The van der Waals surface area contributed by atoms with Crippen LogP contribution in [-0.2, 0) is 0 Å². The molecule has 0 heterocycles. The summed E-state index contributed by atoms with van der Waals surface area (Å²) in [6.07, 6.45) is -4.86. The molecule has 0 saturated heterocycles. The van der Waals surface area contributed by atoms with E-state index in [0.717, 1.165) is 0 Å². The molecule has 0 radical (unpaired) electrons. The van der Waals surface area contributed by atoms with Crippen molar-refractivity contribution >= 4 is 0 Å². The van der Waals surface area contributed by atoms with Crippen molar-refractivity contribution in [2.45, 2.75) is 33.4 Å². The summed E-state index contributed by atoms with van der Waals surface area (Å²) in [7, 11) is 0. The van der Waals surface area contributed by atoms with Crippen molar-refractivity contribution in [3.63, 3.8) is 0 Å². The lowest BCUT2D eigenvalue weighted by molar-refractivity contribution is -0.159. The highest BCUT2D eigenvalue weighted by Gasteiger charge is 2.38. The maximum absolute atomic E-state index is 12.0. The molecule has 0 rings (SSSR count). The van der Waals surface area contributed by atoms with Crippen LogP contribution in [0.4, 0.5) is 13.2 Å². The molecule has 1 atom stereocenters. The van der Waals surface area contributed by atoms with Gasteiger partial charge in [-0.1, -0.05) is 20.8 Å². The SMILES string of the molecule is CC(CN)C(C)(C)CC(F)(F)F. The summed E-state index contributed by atoms with van der Waals surface area (Å²) in [6.45, 7) is 5.23. The topological polar surface area (TPSA) is 26.0 Å². The molecule has 0 aromatic rings. The molecule has 0 aliphatic heterocycles. The van der Waals surface area contributed by atoms with Crippen LogP contribution in [0.3, 0.4) is 0 Å². The maximum Gasteiger partial charge on any atom is 0.389 e. The third kappa shape index (κ3) is 3.95. The Kier molecular flexibility index (Phi) is 3.57. The van der Waals surface area contributed by atoms with Crippen molar-refractivity contribution in [1.29, 1.82) is 0 Å². The Labute approximate surface area is 71.1 Å². The zero-order valence-electron chi connectivity index (χ0n) is 7.70. The Morgan fingerprint density at radius 3 is 1.92 bits per heavy atom. The van der Waals surface area contributed by atoms with Crippen LogP contribution in [0.15, 0.2) is 0 Å². The molecular formula is C8H16F3N. The number of alkyl halides is 3. The molecule has 0 aromatic heterocycles. The fraction of sp³-hybridized carbons (Fsp3) is 1.00. The molecule has 0 bridgehead atoms. The third-order valence-corrected chi connectivity index (χ3v) is 2.34. The summed E-state index contributed by atoms with van der Waals surface area (Å²) in [6, 6.07) is 0. The monoisotopic (exact) mass is 183 g/mol. The van der Waals surface area contributed by atoms with Crippen LogP contribution in [-0.4, -0.2) is 12.7 Å². The average molecular weight is 183 g/mol. The van der Waals surface area contributed by atoms with Gasteiger partial charge in [-0.25, -0.2) is 0 Å². The Bertz CT molecular complexity index is 140. The molecule has 2 N–H and O–H groups in total. The first-order chi connectivity index (χ1) is 5.19. The van der Waals surface area contributed by atoms with Gasteiger partial charge in [-0.3, -0.25) is 0 Å². The van der Waals surface area contributed by atoms with E-state index in [4.69, 9.17) is 5.73 Å². The van der Waals surface area contributed by atoms with E-state index < -0.39 is 18.0 Å². The highest BCUT2D eigenvalue weighted by atomic mass is 19.4. The van der Waals surface area contributed by atoms with Crippen molar-refractivity contribution < 1.29 is 13.2 Å². The maximum atomic E-state index is 12.0. The van der Waals surface area contributed by atoms with E-state index in [0.29, 0.717) is 6.54 Å². The van der Waals surface area contributed by atoms with Gasteiger partial charge in [0.15, 0.2) is 0 Å². The predicted octanol–water partition coefficient (Wildman–Crippen LogP) is 2.56. The molecule has 0 saturated carbocycles.